The van der Waals surface area contributed by atoms with Crippen molar-refractivity contribution in [2.45, 2.75) is 19.4 Å². The number of nitrogens with zero attached hydrogens (tertiary/aromatic N) is 1. The molecule has 200 valence electrons. The van der Waals surface area contributed by atoms with Gasteiger partial charge in [-0.15, -0.1) is 0 Å². The minimum Gasteiger partial charge on any atom is -0.872 e. The van der Waals surface area contributed by atoms with Crippen molar-refractivity contribution in [3.05, 3.63) is 52.1 Å². The molecule has 1 fully saturated rings. The van der Waals surface area contributed by atoms with Gasteiger partial charge in [0, 0.05) is 18.5 Å². The summed E-state index contributed by atoms with van der Waals surface area (Å²) in [4.78, 5) is 29.2. The van der Waals surface area contributed by atoms with Crippen LogP contribution in [0.4, 0.5) is 0 Å². The lowest BCUT2D eigenvalue weighted by atomic mass is 9.94. The van der Waals surface area contributed by atoms with Gasteiger partial charge in [-0.2, -0.15) is 0 Å². The SMILES string of the molecule is CCOc1ccc(C([O-])=C2C(=O)C(=O)N(CCC[NH+](C)C)C2c2cc(OC)c(OC)c(OC)c2)cc1Cl. The molecule has 1 saturated heterocycles. The van der Waals surface area contributed by atoms with E-state index in [2.05, 4.69) is 0 Å². The molecule has 9 nitrogen and oxygen atoms in total. The second-order valence-corrected chi connectivity index (χ2v) is 9.23. The van der Waals surface area contributed by atoms with Crippen LogP contribution in [0.5, 0.6) is 23.0 Å². The molecule has 37 heavy (non-hydrogen) atoms. The minimum absolute atomic E-state index is 0.156. The Morgan fingerprint density at radius 2 is 1.68 bits per heavy atom. The van der Waals surface area contributed by atoms with E-state index in [1.807, 2.05) is 21.0 Å². The highest BCUT2D eigenvalue weighted by Gasteiger charge is 2.44. The second-order valence-electron chi connectivity index (χ2n) is 8.82. The first-order chi connectivity index (χ1) is 17.7. The summed E-state index contributed by atoms with van der Waals surface area (Å²) in [6.45, 7) is 3.29. The Morgan fingerprint density at radius 3 is 2.19 bits per heavy atom. The van der Waals surface area contributed by atoms with Gasteiger partial charge >= 0.3 is 0 Å². The third-order valence-electron chi connectivity index (χ3n) is 6.10. The zero-order valence-corrected chi connectivity index (χ0v) is 22.7. The number of methoxy groups -OCH3 is 3. The van der Waals surface area contributed by atoms with Crippen molar-refractivity contribution in [2.75, 3.05) is 55.1 Å². The number of halogens is 1. The number of Topliss-reactive ketones (excluding diaryl/α,β-unsaturated/α-hetero) is 1. The summed E-state index contributed by atoms with van der Waals surface area (Å²) in [5, 5.41) is 14.0. The highest BCUT2D eigenvalue weighted by atomic mass is 35.5. The lowest BCUT2D eigenvalue weighted by Crippen LogP contribution is -3.05. The number of carbonyl (C=O) groups is 2. The molecule has 0 aromatic heterocycles. The standard InChI is InChI=1S/C27H33ClN2O7/c1-7-37-19-10-9-16(13-18(19)28)24(31)22-23(30(27(33)25(22)32)12-8-11-29(2)3)17-14-20(34-4)26(36-6)21(15-17)35-5/h9-10,13-15,23,31H,7-8,11-12H2,1-6H3. The highest BCUT2D eigenvalue weighted by molar-refractivity contribution is 6.46. The minimum atomic E-state index is -0.941. The van der Waals surface area contributed by atoms with Gasteiger partial charge < -0.3 is 33.9 Å². The molecule has 1 amide bonds. The van der Waals surface area contributed by atoms with Gasteiger partial charge in [-0.3, -0.25) is 9.59 Å². The maximum absolute atomic E-state index is 13.7. The van der Waals surface area contributed by atoms with E-state index in [1.54, 1.807) is 18.2 Å². The van der Waals surface area contributed by atoms with Gasteiger partial charge in [-0.1, -0.05) is 23.4 Å². The Morgan fingerprint density at radius 1 is 1.03 bits per heavy atom. The van der Waals surface area contributed by atoms with Crippen LogP contribution in [0, 0.1) is 0 Å². The third-order valence-corrected chi connectivity index (χ3v) is 6.40. The molecule has 0 radical (unpaired) electrons. The van der Waals surface area contributed by atoms with Crippen molar-refractivity contribution in [3.8, 4) is 23.0 Å². The number of hydrogen-bond donors (Lipinski definition) is 1. The zero-order chi connectivity index (χ0) is 27.3. The summed E-state index contributed by atoms with van der Waals surface area (Å²) < 4.78 is 21.9. The number of nitrogens with one attached hydrogen (secondary N) is 1. The molecule has 3 rings (SSSR count). The molecule has 0 spiro atoms. The first-order valence-corrected chi connectivity index (χ1v) is 12.3. The van der Waals surface area contributed by atoms with Crippen LogP contribution in [-0.2, 0) is 9.59 Å². The van der Waals surface area contributed by atoms with Gasteiger partial charge in [0.25, 0.3) is 5.91 Å². The summed E-state index contributed by atoms with van der Waals surface area (Å²) in [6.07, 6.45) is 0.638. The van der Waals surface area contributed by atoms with Gasteiger partial charge in [-0.25, -0.2) is 0 Å². The molecule has 1 aliphatic rings. The molecule has 0 saturated carbocycles. The van der Waals surface area contributed by atoms with Crippen molar-refractivity contribution in [1.82, 2.24) is 4.90 Å². The van der Waals surface area contributed by atoms with E-state index in [0.717, 1.165) is 6.54 Å². The molecule has 2 aromatic rings. The van der Waals surface area contributed by atoms with Gasteiger partial charge in [0.2, 0.25) is 11.5 Å². The molecule has 1 N–H and O–H groups in total. The summed E-state index contributed by atoms with van der Waals surface area (Å²) >= 11 is 6.32. The Hall–Kier alpha value is -3.43. The number of carbonyl (C=O) groups excluding carboxylic acids is 2. The molecule has 1 unspecified atom stereocenters. The summed E-state index contributed by atoms with van der Waals surface area (Å²) in [5.74, 6) is -0.678. The van der Waals surface area contributed by atoms with E-state index in [4.69, 9.17) is 30.5 Å². The largest absolute Gasteiger partial charge is 0.872 e. The van der Waals surface area contributed by atoms with Gasteiger partial charge in [0.15, 0.2) is 11.5 Å². The molecule has 1 aliphatic heterocycles. The molecule has 0 bridgehead atoms. The van der Waals surface area contributed by atoms with E-state index in [0.29, 0.717) is 41.6 Å². The van der Waals surface area contributed by atoms with Crippen molar-refractivity contribution in [3.63, 3.8) is 0 Å². The Balaban J connectivity index is 2.21. The van der Waals surface area contributed by atoms with Crippen LogP contribution in [0.3, 0.4) is 0 Å². The molecular formula is C27H33ClN2O7. The maximum atomic E-state index is 13.7. The van der Waals surface area contributed by atoms with E-state index in [-0.39, 0.29) is 22.7 Å². The maximum Gasteiger partial charge on any atom is 0.295 e. The Labute approximate surface area is 222 Å². The van der Waals surface area contributed by atoms with Crippen LogP contribution in [0.2, 0.25) is 5.02 Å². The molecule has 0 aliphatic carbocycles. The van der Waals surface area contributed by atoms with Gasteiger partial charge in [-0.05, 0) is 42.3 Å². The number of amides is 1. The van der Waals surface area contributed by atoms with E-state index < -0.39 is 23.5 Å². The van der Waals surface area contributed by atoms with E-state index in [9.17, 15) is 14.7 Å². The number of hydrogen-bond acceptors (Lipinski definition) is 7. The number of ether oxygens (including phenoxy) is 4. The van der Waals surface area contributed by atoms with Gasteiger partial charge in [0.05, 0.1) is 59.6 Å². The summed E-state index contributed by atoms with van der Waals surface area (Å²) in [5.41, 5.74) is 0.518. The van der Waals surface area contributed by atoms with E-state index in [1.165, 1.54) is 43.3 Å². The fraction of sp³-hybridized carbons (Fsp3) is 0.407. The quantitative estimate of drug-likeness (QED) is 0.266. The highest BCUT2D eigenvalue weighted by Crippen LogP contribution is 2.45. The number of rotatable bonds is 11. The topological polar surface area (TPSA) is 102 Å². The lowest BCUT2D eigenvalue weighted by Gasteiger charge is -2.28. The monoisotopic (exact) mass is 532 g/mol. The van der Waals surface area contributed by atoms with Gasteiger partial charge in [0.1, 0.15) is 5.75 Å². The van der Waals surface area contributed by atoms with Crippen molar-refractivity contribution >= 4 is 29.1 Å². The van der Waals surface area contributed by atoms with Crippen LogP contribution in [0.25, 0.3) is 5.76 Å². The van der Waals surface area contributed by atoms with Crippen LogP contribution in [0.1, 0.15) is 30.5 Å². The predicted molar refractivity (Wildman–Crippen MR) is 137 cm³/mol. The van der Waals surface area contributed by atoms with Crippen molar-refractivity contribution in [2.24, 2.45) is 0 Å². The molecule has 2 aromatic carbocycles. The predicted octanol–water partition coefficient (Wildman–Crippen LogP) is 1.52. The fourth-order valence-electron chi connectivity index (χ4n) is 4.38. The fourth-order valence-corrected chi connectivity index (χ4v) is 4.61. The van der Waals surface area contributed by atoms with Crippen LogP contribution in [0.15, 0.2) is 35.9 Å². The average molecular weight is 533 g/mol. The van der Waals surface area contributed by atoms with Crippen molar-refractivity contribution in [1.29, 1.82) is 0 Å². The smallest absolute Gasteiger partial charge is 0.295 e. The molecule has 1 atom stereocenters. The number of ketones is 1. The van der Waals surface area contributed by atoms with Crippen LogP contribution < -0.4 is 29.0 Å². The first-order valence-electron chi connectivity index (χ1n) is 12.0. The molecule has 10 heteroatoms. The van der Waals surface area contributed by atoms with Crippen LogP contribution >= 0.6 is 11.6 Å². The Bertz CT molecular complexity index is 1170. The third kappa shape index (κ3) is 5.78. The van der Waals surface area contributed by atoms with E-state index >= 15 is 0 Å². The lowest BCUT2D eigenvalue weighted by molar-refractivity contribution is -0.858. The molecular weight excluding hydrogens is 500 g/mol. The normalized spacial score (nSPS) is 16.9. The number of benzene rings is 2. The average Bonchev–Trinajstić information content (AvgIpc) is 3.13. The Kier molecular flexibility index (Phi) is 9.29. The first kappa shape index (κ1) is 28.1. The summed E-state index contributed by atoms with van der Waals surface area (Å²) in [6, 6.07) is 6.93. The van der Waals surface area contributed by atoms with Crippen molar-refractivity contribution < 1.29 is 38.5 Å². The summed E-state index contributed by atoms with van der Waals surface area (Å²) in [7, 11) is 8.44. The molecule has 1 heterocycles. The number of likely N-dealkylation sites (tertiary alicyclic amines) is 1. The number of quaternary nitrogens is 1. The van der Waals surface area contributed by atoms with Crippen LogP contribution in [-0.4, -0.2) is 71.7 Å². The zero-order valence-electron chi connectivity index (χ0n) is 22.0. The second kappa shape index (κ2) is 12.2.